The number of aromatic nitrogens is 3. The van der Waals surface area contributed by atoms with Gasteiger partial charge in [-0.25, -0.2) is 9.07 Å². The smallest absolute Gasteiger partial charge is 0.187 e. The number of ether oxygens (including phenoxy) is 1. The van der Waals surface area contributed by atoms with Crippen molar-refractivity contribution in [2.45, 2.75) is 18.9 Å². The lowest BCUT2D eigenvalue weighted by Gasteiger charge is -2.20. The van der Waals surface area contributed by atoms with Crippen LogP contribution in [0.1, 0.15) is 0 Å². The van der Waals surface area contributed by atoms with Crippen LogP contribution in [-0.4, -0.2) is 40.2 Å². The molecule has 1 fully saturated rings. The highest BCUT2D eigenvalue weighted by Crippen LogP contribution is 2.25. The van der Waals surface area contributed by atoms with Crippen molar-refractivity contribution < 1.29 is 13.9 Å². The molecule has 2 atom stereocenters. The lowest BCUT2D eigenvalue weighted by atomic mass is 10.2. The van der Waals surface area contributed by atoms with Crippen LogP contribution in [0.2, 0.25) is 0 Å². The van der Waals surface area contributed by atoms with Crippen molar-refractivity contribution in [3.05, 3.63) is 42.5 Å². The third-order valence-corrected chi connectivity index (χ3v) is 3.16. The van der Waals surface area contributed by atoms with E-state index in [1.807, 2.05) is 0 Å². The van der Waals surface area contributed by atoms with E-state index < -0.39 is 6.23 Å². The van der Waals surface area contributed by atoms with Crippen LogP contribution in [0.25, 0.3) is 0 Å². The lowest BCUT2D eigenvalue weighted by Crippen LogP contribution is -2.31. The molecule has 0 saturated carbocycles. The number of carbonyl (C=O) groups excluding carboxylic acids is 1. The average molecular weight is 276 g/mol. The zero-order chi connectivity index (χ0) is 13.9. The van der Waals surface area contributed by atoms with E-state index in [-0.39, 0.29) is 11.9 Å². The molecule has 0 bridgehead atoms. The molecule has 0 aliphatic carbocycles. The molecule has 1 aliphatic heterocycles. The van der Waals surface area contributed by atoms with E-state index in [0.29, 0.717) is 25.1 Å². The van der Waals surface area contributed by atoms with Gasteiger partial charge in [0.05, 0.1) is 18.8 Å². The number of hydrogen-bond donors (Lipinski definition) is 0. The van der Waals surface area contributed by atoms with Crippen molar-refractivity contribution in [3.63, 3.8) is 0 Å². The van der Waals surface area contributed by atoms with Gasteiger partial charge in [-0.05, 0) is 18.2 Å². The Balaban J connectivity index is 1.76. The quantitative estimate of drug-likeness (QED) is 0.775. The molecule has 20 heavy (non-hydrogen) atoms. The number of halogens is 1. The van der Waals surface area contributed by atoms with Gasteiger partial charge < -0.3 is 9.64 Å². The predicted octanol–water partition coefficient (Wildman–Crippen LogP) is 0.848. The second-order valence-corrected chi connectivity index (χ2v) is 4.54. The van der Waals surface area contributed by atoms with E-state index in [1.54, 1.807) is 34.1 Å². The molecular formula is C13H13FN4O2. The molecule has 1 aromatic heterocycles. The number of hydrogen-bond acceptors (Lipinski definition) is 5. The number of benzene rings is 1. The summed E-state index contributed by atoms with van der Waals surface area (Å²) >= 11 is 0. The Morgan fingerprint density at radius 1 is 1.50 bits per heavy atom. The third kappa shape index (κ3) is 2.53. The minimum atomic E-state index is -0.703. The molecule has 7 heteroatoms. The summed E-state index contributed by atoms with van der Waals surface area (Å²) in [4.78, 5) is 12.9. The molecule has 1 aromatic carbocycles. The fourth-order valence-corrected chi connectivity index (χ4v) is 2.29. The van der Waals surface area contributed by atoms with E-state index >= 15 is 0 Å². The second-order valence-electron chi connectivity index (χ2n) is 4.54. The van der Waals surface area contributed by atoms with Crippen LogP contribution in [0.5, 0.6) is 0 Å². The SMILES string of the molecule is O=CC1OC(Cn2ccnn2)CN1c1cccc(F)c1. The van der Waals surface area contributed by atoms with E-state index in [9.17, 15) is 9.18 Å². The summed E-state index contributed by atoms with van der Waals surface area (Å²) in [7, 11) is 0. The second kappa shape index (κ2) is 5.38. The molecule has 0 spiro atoms. The van der Waals surface area contributed by atoms with Crippen molar-refractivity contribution in [1.29, 1.82) is 0 Å². The van der Waals surface area contributed by atoms with Crippen molar-refractivity contribution in [3.8, 4) is 0 Å². The zero-order valence-electron chi connectivity index (χ0n) is 10.6. The van der Waals surface area contributed by atoms with Gasteiger partial charge in [-0.3, -0.25) is 4.79 Å². The van der Waals surface area contributed by atoms with Gasteiger partial charge in [-0.1, -0.05) is 11.3 Å². The van der Waals surface area contributed by atoms with Gasteiger partial charge in [0.15, 0.2) is 12.5 Å². The normalized spacial score (nSPS) is 22.1. The molecule has 1 aliphatic rings. The van der Waals surface area contributed by atoms with Crippen LogP contribution in [0.15, 0.2) is 36.7 Å². The number of aldehydes is 1. The van der Waals surface area contributed by atoms with Gasteiger partial charge in [0.2, 0.25) is 0 Å². The highest BCUT2D eigenvalue weighted by Gasteiger charge is 2.33. The maximum absolute atomic E-state index is 13.3. The average Bonchev–Trinajstić information content (AvgIpc) is 3.08. The van der Waals surface area contributed by atoms with Crippen molar-refractivity contribution >= 4 is 12.0 Å². The molecule has 0 N–H and O–H groups in total. The summed E-state index contributed by atoms with van der Waals surface area (Å²) in [6.07, 6.45) is 3.12. The molecule has 2 aromatic rings. The number of carbonyl (C=O) groups is 1. The standard InChI is InChI=1S/C13H13FN4O2/c14-10-2-1-3-11(6-10)18-8-12(20-13(18)9-19)7-17-5-4-15-16-17/h1-6,9,12-13H,7-8H2. The van der Waals surface area contributed by atoms with Crippen molar-refractivity contribution in [2.24, 2.45) is 0 Å². The zero-order valence-corrected chi connectivity index (χ0v) is 10.6. The summed E-state index contributed by atoms with van der Waals surface area (Å²) in [6, 6.07) is 6.11. The Hall–Kier alpha value is -2.28. The topological polar surface area (TPSA) is 60.3 Å². The van der Waals surface area contributed by atoms with E-state index in [2.05, 4.69) is 10.3 Å². The summed E-state index contributed by atoms with van der Waals surface area (Å²) in [5.74, 6) is -0.341. The van der Waals surface area contributed by atoms with Gasteiger partial charge >= 0.3 is 0 Å². The first-order valence-corrected chi connectivity index (χ1v) is 6.23. The fraction of sp³-hybridized carbons (Fsp3) is 0.308. The number of nitrogens with zero attached hydrogens (tertiary/aromatic N) is 4. The van der Waals surface area contributed by atoms with Crippen LogP contribution in [0, 0.1) is 5.82 Å². The van der Waals surface area contributed by atoms with Gasteiger partial charge in [-0.2, -0.15) is 0 Å². The Bertz CT molecular complexity index is 590. The van der Waals surface area contributed by atoms with Crippen molar-refractivity contribution in [2.75, 3.05) is 11.4 Å². The maximum atomic E-state index is 13.3. The van der Waals surface area contributed by atoms with Gasteiger partial charge in [0.1, 0.15) is 5.82 Å². The van der Waals surface area contributed by atoms with Gasteiger partial charge in [-0.15, -0.1) is 5.10 Å². The maximum Gasteiger partial charge on any atom is 0.187 e. The van der Waals surface area contributed by atoms with Crippen LogP contribution in [0.4, 0.5) is 10.1 Å². The molecule has 6 nitrogen and oxygen atoms in total. The number of anilines is 1. The molecule has 2 heterocycles. The Kier molecular flexibility index (Phi) is 3.42. The lowest BCUT2D eigenvalue weighted by molar-refractivity contribution is -0.117. The van der Waals surface area contributed by atoms with Crippen molar-refractivity contribution in [1.82, 2.24) is 15.0 Å². The first-order chi connectivity index (χ1) is 9.76. The van der Waals surface area contributed by atoms with Crippen LogP contribution >= 0.6 is 0 Å². The summed E-state index contributed by atoms with van der Waals surface area (Å²) in [5, 5.41) is 7.58. The monoisotopic (exact) mass is 276 g/mol. The Morgan fingerprint density at radius 3 is 3.10 bits per heavy atom. The summed E-state index contributed by atoms with van der Waals surface area (Å²) < 4.78 is 20.6. The molecule has 0 amide bonds. The van der Waals surface area contributed by atoms with Gasteiger partial charge in [0, 0.05) is 18.4 Å². The van der Waals surface area contributed by atoms with Crippen LogP contribution in [-0.2, 0) is 16.1 Å². The molecule has 104 valence electrons. The van der Waals surface area contributed by atoms with E-state index in [4.69, 9.17) is 4.74 Å². The first-order valence-electron chi connectivity index (χ1n) is 6.23. The highest BCUT2D eigenvalue weighted by atomic mass is 19.1. The molecular weight excluding hydrogens is 263 g/mol. The molecule has 0 radical (unpaired) electrons. The molecule has 3 rings (SSSR count). The predicted molar refractivity (Wildman–Crippen MR) is 68.5 cm³/mol. The van der Waals surface area contributed by atoms with E-state index in [1.165, 1.54) is 12.1 Å². The molecule has 1 saturated heterocycles. The first kappa shape index (κ1) is 12.7. The summed E-state index contributed by atoms with van der Waals surface area (Å²) in [5.41, 5.74) is 0.628. The Labute approximate surface area is 114 Å². The molecule has 2 unspecified atom stereocenters. The summed E-state index contributed by atoms with van der Waals surface area (Å²) in [6.45, 7) is 0.989. The fourth-order valence-electron chi connectivity index (χ4n) is 2.29. The Morgan fingerprint density at radius 2 is 2.40 bits per heavy atom. The highest BCUT2D eigenvalue weighted by molar-refractivity contribution is 5.65. The van der Waals surface area contributed by atoms with E-state index in [0.717, 1.165) is 0 Å². The minimum Gasteiger partial charge on any atom is -0.344 e. The van der Waals surface area contributed by atoms with Gasteiger partial charge in [0.25, 0.3) is 0 Å². The van der Waals surface area contributed by atoms with Crippen LogP contribution < -0.4 is 4.90 Å². The largest absolute Gasteiger partial charge is 0.344 e. The third-order valence-electron chi connectivity index (χ3n) is 3.16. The minimum absolute atomic E-state index is 0.199. The number of rotatable bonds is 4. The van der Waals surface area contributed by atoms with Crippen LogP contribution in [0.3, 0.4) is 0 Å².